The largest absolute Gasteiger partial charge is 0.494 e. The number of aromatic nitrogens is 2. The van der Waals surface area contributed by atoms with Crippen LogP contribution >= 0.6 is 0 Å². The topological polar surface area (TPSA) is 19.1 Å². The first-order chi connectivity index (χ1) is 10.9. The Kier molecular flexibility index (Phi) is 2.97. The molecule has 2 aromatic heterocycles. The zero-order chi connectivity index (χ0) is 14.9. The molecule has 0 saturated carbocycles. The third-order valence-electron chi connectivity index (χ3n) is 3.92. The highest BCUT2D eigenvalue weighted by Crippen LogP contribution is 2.33. The van der Waals surface area contributed by atoms with E-state index in [2.05, 4.69) is 39.5 Å². The van der Waals surface area contributed by atoms with E-state index < -0.39 is 0 Å². The summed E-state index contributed by atoms with van der Waals surface area (Å²) in [6, 6.07) is 18.7. The van der Waals surface area contributed by atoms with E-state index in [9.17, 15) is 0 Å². The zero-order valence-corrected chi connectivity index (χ0v) is 12.3. The fourth-order valence-electron chi connectivity index (χ4n) is 2.86. The van der Waals surface area contributed by atoms with Crippen molar-refractivity contribution in [2.45, 2.75) is 0 Å². The van der Waals surface area contributed by atoms with Crippen LogP contribution in [0.5, 0.6) is 5.75 Å². The number of benzene rings is 2. The van der Waals surface area contributed by atoms with E-state index in [4.69, 9.17) is 4.74 Å². The molecule has 2 heterocycles. The highest BCUT2D eigenvalue weighted by Gasteiger charge is 2.10. The summed E-state index contributed by atoms with van der Waals surface area (Å²) in [4.78, 5) is 0. The Hall–Kier alpha value is -2.94. The van der Waals surface area contributed by atoms with E-state index in [0.717, 1.165) is 22.5 Å². The SMILES string of the molecule is COc1c(-n2cccc2)ccc2cc(-n3cccc3)ccc12. The molecular formula is C19H16N2O. The van der Waals surface area contributed by atoms with Gasteiger partial charge < -0.3 is 13.9 Å². The second-order valence-corrected chi connectivity index (χ2v) is 5.20. The van der Waals surface area contributed by atoms with Crippen LogP contribution in [0.3, 0.4) is 0 Å². The normalized spacial score (nSPS) is 11.0. The average Bonchev–Trinajstić information content (AvgIpc) is 3.26. The summed E-state index contributed by atoms with van der Waals surface area (Å²) in [5.74, 6) is 0.896. The van der Waals surface area contributed by atoms with E-state index in [0.29, 0.717) is 0 Å². The minimum Gasteiger partial charge on any atom is -0.494 e. The standard InChI is InChI=1S/C19H16N2O/c1-22-19-17-8-7-16(20-10-2-3-11-20)14-15(17)6-9-18(19)21-12-4-5-13-21/h2-14H,1H3. The first-order valence-corrected chi connectivity index (χ1v) is 7.24. The van der Waals surface area contributed by atoms with Crippen molar-refractivity contribution >= 4 is 10.8 Å². The molecule has 3 nitrogen and oxygen atoms in total. The summed E-state index contributed by atoms with van der Waals surface area (Å²) in [6.07, 6.45) is 8.15. The molecule has 2 aromatic carbocycles. The molecule has 0 radical (unpaired) electrons. The van der Waals surface area contributed by atoms with Crippen LogP contribution < -0.4 is 4.74 Å². The molecule has 4 aromatic rings. The fraction of sp³-hybridized carbons (Fsp3) is 0.0526. The third kappa shape index (κ3) is 1.99. The van der Waals surface area contributed by atoms with Crippen molar-refractivity contribution in [1.82, 2.24) is 9.13 Å². The Morgan fingerprint density at radius 3 is 2.14 bits per heavy atom. The molecule has 0 aliphatic carbocycles. The van der Waals surface area contributed by atoms with Crippen molar-refractivity contribution in [2.24, 2.45) is 0 Å². The van der Waals surface area contributed by atoms with E-state index in [1.807, 2.05) is 49.1 Å². The summed E-state index contributed by atoms with van der Waals surface area (Å²) >= 11 is 0. The molecule has 0 spiro atoms. The van der Waals surface area contributed by atoms with Gasteiger partial charge in [0.2, 0.25) is 0 Å². The molecule has 4 rings (SSSR count). The van der Waals surface area contributed by atoms with E-state index in [1.165, 1.54) is 5.39 Å². The first kappa shape index (κ1) is 12.8. The Labute approximate surface area is 129 Å². The van der Waals surface area contributed by atoms with Crippen molar-refractivity contribution in [3.8, 4) is 17.1 Å². The molecule has 0 unspecified atom stereocenters. The van der Waals surface area contributed by atoms with Crippen LogP contribution in [0.2, 0.25) is 0 Å². The number of hydrogen-bond acceptors (Lipinski definition) is 1. The van der Waals surface area contributed by atoms with Crippen LogP contribution in [-0.4, -0.2) is 16.2 Å². The Bertz CT molecular complexity index is 906. The highest BCUT2D eigenvalue weighted by atomic mass is 16.5. The van der Waals surface area contributed by atoms with Gasteiger partial charge in [-0.25, -0.2) is 0 Å². The highest BCUT2D eigenvalue weighted by molar-refractivity contribution is 5.93. The molecule has 0 atom stereocenters. The van der Waals surface area contributed by atoms with Gasteiger partial charge in [0.15, 0.2) is 5.75 Å². The van der Waals surface area contributed by atoms with Crippen LogP contribution in [0.1, 0.15) is 0 Å². The molecule has 0 aliphatic heterocycles. The summed E-state index contributed by atoms with van der Waals surface area (Å²) < 4.78 is 9.86. The maximum absolute atomic E-state index is 5.69. The Morgan fingerprint density at radius 2 is 1.45 bits per heavy atom. The molecule has 0 N–H and O–H groups in total. The lowest BCUT2D eigenvalue weighted by molar-refractivity contribution is 0.418. The van der Waals surface area contributed by atoms with Gasteiger partial charge in [0.05, 0.1) is 12.8 Å². The molecule has 0 aliphatic rings. The molecule has 0 amide bonds. The van der Waals surface area contributed by atoms with Gasteiger partial charge in [-0.15, -0.1) is 0 Å². The second-order valence-electron chi connectivity index (χ2n) is 5.20. The third-order valence-corrected chi connectivity index (χ3v) is 3.92. The van der Waals surface area contributed by atoms with Gasteiger partial charge in [0.25, 0.3) is 0 Å². The van der Waals surface area contributed by atoms with E-state index in [-0.39, 0.29) is 0 Å². The summed E-state index contributed by atoms with van der Waals surface area (Å²) in [6.45, 7) is 0. The lowest BCUT2D eigenvalue weighted by atomic mass is 10.1. The predicted octanol–water partition coefficient (Wildman–Crippen LogP) is 4.43. The lowest BCUT2D eigenvalue weighted by Crippen LogP contribution is -1.97. The Balaban J connectivity index is 1.92. The van der Waals surface area contributed by atoms with E-state index in [1.54, 1.807) is 7.11 Å². The van der Waals surface area contributed by atoms with Gasteiger partial charge >= 0.3 is 0 Å². The fourth-order valence-corrected chi connectivity index (χ4v) is 2.86. The summed E-state index contributed by atoms with van der Waals surface area (Å²) in [7, 11) is 1.72. The predicted molar refractivity (Wildman–Crippen MR) is 89.2 cm³/mol. The van der Waals surface area contributed by atoms with Crippen LogP contribution in [-0.2, 0) is 0 Å². The van der Waals surface area contributed by atoms with Crippen LogP contribution in [0.25, 0.3) is 22.1 Å². The molecule has 0 fully saturated rings. The molecule has 3 heteroatoms. The minimum absolute atomic E-state index is 0.896. The van der Waals surface area contributed by atoms with Crippen molar-refractivity contribution in [3.05, 3.63) is 79.4 Å². The van der Waals surface area contributed by atoms with Gasteiger partial charge in [-0.1, -0.05) is 6.07 Å². The van der Waals surface area contributed by atoms with Crippen LogP contribution in [0.4, 0.5) is 0 Å². The quantitative estimate of drug-likeness (QED) is 0.545. The van der Waals surface area contributed by atoms with Crippen molar-refractivity contribution in [2.75, 3.05) is 7.11 Å². The summed E-state index contributed by atoms with van der Waals surface area (Å²) in [5.41, 5.74) is 2.20. The monoisotopic (exact) mass is 288 g/mol. The van der Waals surface area contributed by atoms with Crippen molar-refractivity contribution in [1.29, 1.82) is 0 Å². The second kappa shape index (κ2) is 5.11. The molecule has 0 bridgehead atoms. The molecule has 0 saturated heterocycles. The average molecular weight is 288 g/mol. The molecule has 108 valence electrons. The van der Waals surface area contributed by atoms with Gasteiger partial charge in [0, 0.05) is 35.9 Å². The number of fused-ring (bicyclic) bond motifs is 1. The van der Waals surface area contributed by atoms with Crippen molar-refractivity contribution < 1.29 is 4.74 Å². The summed E-state index contributed by atoms with van der Waals surface area (Å²) in [5, 5.41) is 2.28. The number of ether oxygens (including phenoxy) is 1. The number of nitrogens with zero attached hydrogens (tertiary/aromatic N) is 2. The zero-order valence-electron chi connectivity index (χ0n) is 12.3. The minimum atomic E-state index is 0.896. The molecule has 22 heavy (non-hydrogen) atoms. The van der Waals surface area contributed by atoms with Crippen molar-refractivity contribution in [3.63, 3.8) is 0 Å². The molecular weight excluding hydrogens is 272 g/mol. The van der Waals surface area contributed by atoms with Gasteiger partial charge in [-0.3, -0.25) is 0 Å². The van der Waals surface area contributed by atoms with Gasteiger partial charge in [0.1, 0.15) is 0 Å². The Morgan fingerprint density at radius 1 is 0.773 bits per heavy atom. The first-order valence-electron chi connectivity index (χ1n) is 7.24. The maximum atomic E-state index is 5.69. The van der Waals surface area contributed by atoms with E-state index >= 15 is 0 Å². The van der Waals surface area contributed by atoms with Crippen LogP contribution in [0.15, 0.2) is 79.4 Å². The van der Waals surface area contributed by atoms with Gasteiger partial charge in [-0.2, -0.15) is 0 Å². The smallest absolute Gasteiger partial charge is 0.150 e. The number of hydrogen-bond donors (Lipinski definition) is 0. The maximum Gasteiger partial charge on any atom is 0.150 e. The number of methoxy groups -OCH3 is 1. The van der Waals surface area contributed by atoms with Crippen LogP contribution in [0, 0.1) is 0 Å². The lowest BCUT2D eigenvalue weighted by Gasteiger charge is -2.14. The number of rotatable bonds is 3. The van der Waals surface area contributed by atoms with Gasteiger partial charge in [-0.05, 0) is 53.9 Å².